The lowest BCUT2D eigenvalue weighted by Gasteiger charge is -2.15. The molecular weight excluding hydrogens is 329 g/mol. The van der Waals surface area contributed by atoms with Crippen LogP contribution >= 0.6 is 0 Å². The summed E-state index contributed by atoms with van der Waals surface area (Å²) in [6.45, 7) is 0.258. The van der Waals surface area contributed by atoms with Crippen molar-refractivity contribution in [1.29, 1.82) is 0 Å². The van der Waals surface area contributed by atoms with Gasteiger partial charge in [0.2, 0.25) is 5.91 Å². The van der Waals surface area contributed by atoms with Crippen LogP contribution in [0.5, 0.6) is 0 Å². The van der Waals surface area contributed by atoms with E-state index in [0.717, 1.165) is 0 Å². The van der Waals surface area contributed by atoms with Crippen molar-refractivity contribution in [2.75, 3.05) is 23.8 Å². The second-order valence-corrected chi connectivity index (χ2v) is 6.72. The standard InChI is InChI=1S/C12H14FN5O4S/c13-23(21,22)5-8-3-9(20)18(4-8)12-10-11(14-6-15-12)17(1-2-19)7-16-10/h6-8,19H,1-5H2. The molecule has 0 bridgehead atoms. The van der Waals surface area contributed by atoms with Gasteiger partial charge in [-0.1, -0.05) is 0 Å². The van der Waals surface area contributed by atoms with E-state index < -0.39 is 21.9 Å². The Balaban J connectivity index is 1.93. The first-order valence-electron chi connectivity index (χ1n) is 6.88. The van der Waals surface area contributed by atoms with Crippen molar-refractivity contribution in [3.63, 3.8) is 0 Å². The summed E-state index contributed by atoms with van der Waals surface area (Å²) in [5.74, 6) is -1.39. The molecule has 23 heavy (non-hydrogen) atoms. The fourth-order valence-corrected chi connectivity index (χ4v) is 3.50. The molecule has 1 atom stereocenters. The van der Waals surface area contributed by atoms with Crippen molar-refractivity contribution in [2.45, 2.75) is 13.0 Å². The normalized spacial score (nSPS) is 19.0. The molecule has 9 nitrogen and oxygen atoms in total. The molecule has 1 fully saturated rings. The van der Waals surface area contributed by atoms with E-state index in [2.05, 4.69) is 15.0 Å². The van der Waals surface area contributed by atoms with E-state index in [0.29, 0.717) is 17.7 Å². The predicted molar refractivity (Wildman–Crippen MR) is 77.8 cm³/mol. The number of aliphatic hydroxyl groups is 1. The Morgan fingerprint density at radius 1 is 1.35 bits per heavy atom. The Morgan fingerprint density at radius 2 is 2.13 bits per heavy atom. The molecule has 0 radical (unpaired) electrons. The zero-order valence-electron chi connectivity index (χ0n) is 12.0. The number of rotatable bonds is 5. The van der Waals surface area contributed by atoms with Crippen LogP contribution < -0.4 is 4.90 Å². The number of carbonyl (C=O) groups is 1. The molecule has 0 aromatic carbocycles. The van der Waals surface area contributed by atoms with Gasteiger partial charge in [-0.15, -0.1) is 3.89 Å². The lowest BCUT2D eigenvalue weighted by molar-refractivity contribution is -0.117. The zero-order chi connectivity index (χ0) is 16.6. The largest absolute Gasteiger partial charge is 0.395 e. The molecule has 1 saturated heterocycles. The van der Waals surface area contributed by atoms with Crippen LogP contribution in [0.15, 0.2) is 12.7 Å². The van der Waals surface area contributed by atoms with Gasteiger partial charge >= 0.3 is 10.2 Å². The Kier molecular flexibility index (Phi) is 3.98. The summed E-state index contributed by atoms with van der Waals surface area (Å²) < 4.78 is 36.0. The summed E-state index contributed by atoms with van der Waals surface area (Å²) in [5, 5.41) is 9.01. The molecular formula is C12H14FN5O4S. The highest BCUT2D eigenvalue weighted by molar-refractivity contribution is 7.86. The van der Waals surface area contributed by atoms with Gasteiger partial charge in [0.25, 0.3) is 0 Å². The Hall–Kier alpha value is -2.14. The molecule has 2 aromatic rings. The van der Waals surface area contributed by atoms with Gasteiger partial charge < -0.3 is 9.67 Å². The number of carbonyl (C=O) groups excluding carboxylic acids is 1. The number of fused-ring (bicyclic) bond motifs is 1. The van der Waals surface area contributed by atoms with Gasteiger partial charge in [0.05, 0.1) is 18.7 Å². The molecule has 3 rings (SSSR count). The smallest absolute Gasteiger partial charge is 0.302 e. The summed E-state index contributed by atoms with van der Waals surface area (Å²) >= 11 is 0. The van der Waals surface area contributed by atoms with Gasteiger partial charge in [0.15, 0.2) is 17.0 Å². The van der Waals surface area contributed by atoms with Gasteiger partial charge in [-0.3, -0.25) is 9.69 Å². The molecule has 0 aliphatic carbocycles. The fraction of sp³-hybridized carbons (Fsp3) is 0.500. The average Bonchev–Trinajstić information content (AvgIpc) is 3.01. The topological polar surface area (TPSA) is 118 Å². The lowest BCUT2D eigenvalue weighted by atomic mass is 10.1. The van der Waals surface area contributed by atoms with E-state index in [4.69, 9.17) is 5.11 Å². The lowest BCUT2D eigenvalue weighted by Crippen LogP contribution is -2.26. The van der Waals surface area contributed by atoms with Crippen LogP contribution in [0.2, 0.25) is 0 Å². The molecule has 1 unspecified atom stereocenters. The Bertz CT molecular complexity index is 852. The van der Waals surface area contributed by atoms with Crippen molar-refractivity contribution < 1.29 is 22.2 Å². The average molecular weight is 343 g/mol. The third-order valence-electron chi connectivity index (χ3n) is 3.62. The van der Waals surface area contributed by atoms with E-state index in [1.807, 2.05) is 0 Å². The van der Waals surface area contributed by atoms with Crippen molar-refractivity contribution >= 4 is 33.1 Å². The summed E-state index contributed by atoms with van der Waals surface area (Å²) in [4.78, 5) is 25.7. The van der Waals surface area contributed by atoms with Crippen LogP contribution in [0.1, 0.15) is 6.42 Å². The minimum Gasteiger partial charge on any atom is -0.395 e. The molecule has 1 amide bonds. The number of anilines is 1. The number of hydrogen-bond acceptors (Lipinski definition) is 7. The predicted octanol–water partition coefficient (Wildman–Crippen LogP) is -0.529. The van der Waals surface area contributed by atoms with Crippen LogP contribution in [0.25, 0.3) is 11.2 Å². The maximum Gasteiger partial charge on any atom is 0.302 e. The quantitative estimate of drug-likeness (QED) is 0.725. The molecule has 1 aliphatic rings. The monoisotopic (exact) mass is 343 g/mol. The van der Waals surface area contributed by atoms with E-state index in [1.165, 1.54) is 17.6 Å². The molecule has 3 heterocycles. The van der Waals surface area contributed by atoms with Crippen LogP contribution in [0, 0.1) is 5.92 Å². The number of aliphatic hydroxyl groups excluding tert-OH is 1. The molecule has 0 saturated carbocycles. The van der Waals surface area contributed by atoms with Crippen LogP contribution in [0.4, 0.5) is 9.70 Å². The van der Waals surface area contributed by atoms with Crippen LogP contribution in [-0.4, -0.2) is 57.9 Å². The van der Waals surface area contributed by atoms with E-state index in [-0.39, 0.29) is 31.3 Å². The van der Waals surface area contributed by atoms with E-state index in [1.54, 1.807) is 4.57 Å². The number of halogens is 1. The maximum atomic E-state index is 12.8. The highest BCUT2D eigenvalue weighted by Crippen LogP contribution is 2.28. The molecule has 1 aliphatic heterocycles. The molecule has 1 N–H and O–H groups in total. The maximum absolute atomic E-state index is 12.8. The van der Waals surface area contributed by atoms with Crippen LogP contribution in [-0.2, 0) is 21.6 Å². The van der Waals surface area contributed by atoms with Gasteiger partial charge in [0, 0.05) is 25.4 Å². The first-order chi connectivity index (χ1) is 10.9. The molecule has 2 aromatic heterocycles. The summed E-state index contributed by atoms with van der Waals surface area (Å²) in [6.07, 6.45) is 2.68. The molecule has 124 valence electrons. The Labute approximate surface area is 131 Å². The van der Waals surface area contributed by atoms with Crippen molar-refractivity contribution in [2.24, 2.45) is 5.92 Å². The van der Waals surface area contributed by atoms with Crippen molar-refractivity contribution in [3.8, 4) is 0 Å². The first kappa shape index (κ1) is 15.7. The number of aromatic nitrogens is 4. The second kappa shape index (κ2) is 5.81. The summed E-state index contributed by atoms with van der Waals surface area (Å²) in [6, 6.07) is 0. The van der Waals surface area contributed by atoms with Gasteiger partial charge in [-0.2, -0.15) is 8.42 Å². The Morgan fingerprint density at radius 3 is 2.83 bits per heavy atom. The highest BCUT2D eigenvalue weighted by Gasteiger charge is 2.35. The van der Waals surface area contributed by atoms with E-state index in [9.17, 15) is 17.1 Å². The number of nitrogens with zero attached hydrogens (tertiary/aromatic N) is 5. The van der Waals surface area contributed by atoms with E-state index >= 15 is 0 Å². The van der Waals surface area contributed by atoms with Gasteiger partial charge in [-0.25, -0.2) is 15.0 Å². The van der Waals surface area contributed by atoms with Crippen molar-refractivity contribution in [3.05, 3.63) is 12.7 Å². The van der Waals surface area contributed by atoms with Gasteiger partial charge in [-0.05, 0) is 0 Å². The minimum absolute atomic E-state index is 0.0565. The second-order valence-electron chi connectivity index (χ2n) is 5.31. The third kappa shape index (κ3) is 3.15. The fourth-order valence-electron chi connectivity index (χ4n) is 2.72. The molecule has 0 spiro atoms. The number of amides is 1. The molecule has 11 heteroatoms. The summed E-state index contributed by atoms with van der Waals surface area (Å²) in [5.41, 5.74) is 0.830. The third-order valence-corrected chi connectivity index (χ3v) is 4.49. The summed E-state index contributed by atoms with van der Waals surface area (Å²) in [7, 11) is -4.64. The first-order valence-corrected chi connectivity index (χ1v) is 8.43. The number of hydrogen-bond donors (Lipinski definition) is 1. The van der Waals surface area contributed by atoms with Gasteiger partial charge in [0.1, 0.15) is 6.33 Å². The van der Waals surface area contributed by atoms with Crippen molar-refractivity contribution in [1.82, 2.24) is 19.5 Å². The number of imidazole rings is 1. The zero-order valence-corrected chi connectivity index (χ0v) is 12.8. The van der Waals surface area contributed by atoms with Crippen LogP contribution in [0.3, 0.4) is 0 Å². The highest BCUT2D eigenvalue weighted by atomic mass is 32.3. The SMILES string of the molecule is O=C1CC(CS(=O)(=O)F)CN1c1ncnc2c1ncn2CCO. The minimum atomic E-state index is -4.64.